The predicted octanol–water partition coefficient (Wildman–Crippen LogP) is 4.81. The summed E-state index contributed by atoms with van der Waals surface area (Å²) in [5.41, 5.74) is 1.07. The van der Waals surface area contributed by atoms with E-state index in [1.807, 2.05) is 0 Å². The molecule has 0 spiro atoms. The van der Waals surface area contributed by atoms with Gasteiger partial charge in [-0.2, -0.15) is 11.8 Å². The van der Waals surface area contributed by atoms with Crippen molar-refractivity contribution in [2.24, 2.45) is 0 Å². The first-order chi connectivity index (χ1) is 16.8. The van der Waals surface area contributed by atoms with Gasteiger partial charge < -0.3 is 10.6 Å². The zero-order valence-electron chi connectivity index (χ0n) is 17.8. The van der Waals surface area contributed by atoms with E-state index in [-0.39, 0.29) is 36.0 Å². The number of amides is 2. The molecule has 2 aromatic carbocycles. The zero-order chi connectivity index (χ0) is 24.9. The van der Waals surface area contributed by atoms with Crippen LogP contribution in [0.25, 0.3) is 20.4 Å². The number of hydrogen-bond acceptors (Lipinski definition) is 11. The minimum Gasteiger partial charge on any atom is -0.302 e. The molecule has 0 unspecified atom stereocenters. The summed E-state index contributed by atoms with van der Waals surface area (Å²) < 4.78 is 1.22. The zero-order valence-corrected chi connectivity index (χ0v) is 20.2. The molecule has 0 aliphatic carbocycles. The molecule has 0 radical (unpaired) electrons. The molecule has 2 heterocycles. The molecule has 4 aromatic rings. The fraction of sp³-hybridized carbons (Fsp3) is 0.200. The topological polar surface area (TPSA) is 170 Å². The molecule has 2 aromatic heterocycles. The van der Waals surface area contributed by atoms with Gasteiger partial charge in [0.2, 0.25) is 11.8 Å². The van der Waals surface area contributed by atoms with Gasteiger partial charge in [0.15, 0.2) is 10.3 Å². The molecule has 0 atom stereocenters. The van der Waals surface area contributed by atoms with Crippen LogP contribution in [-0.2, 0) is 9.59 Å². The van der Waals surface area contributed by atoms with E-state index in [0.717, 1.165) is 22.7 Å². The van der Waals surface area contributed by atoms with Crippen LogP contribution >= 0.6 is 34.4 Å². The lowest BCUT2D eigenvalue weighted by Crippen LogP contribution is -2.13. The largest absolute Gasteiger partial charge is 0.302 e. The molecule has 35 heavy (non-hydrogen) atoms. The van der Waals surface area contributed by atoms with Crippen molar-refractivity contribution < 1.29 is 19.4 Å². The summed E-state index contributed by atoms with van der Waals surface area (Å²) in [6, 6.07) is 8.65. The monoisotopic (exact) mass is 532 g/mol. The van der Waals surface area contributed by atoms with E-state index in [4.69, 9.17) is 0 Å². The number of nitrogens with zero attached hydrogens (tertiary/aromatic N) is 4. The molecular formula is C20H16N6O6S3. The van der Waals surface area contributed by atoms with E-state index in [1.165, 1.54) is 36.0 Å². The van der Waals surface area contributed by atoms with Crippen LogP contribution in [0.1, 0.15) is 12.8 Å². The van der Waals surface area contributed by atoms with Gasteiger partial charge in [0.05, 0.1) is 30.3 Å². The lowest BCUT2D eigenvalue weighted by molar-refractivity contribution is -0.384. The number of benzene rings is 2. The third-order valence-electron chi connectivity index (χ3n) is 4.61. The Labute approximate surface area is 209 Å². The Hall–Kier alpha value is -3.69. The van der Waals surface area contributed by atoms with Crippen molar-refractivity contribution in [3.8, 4) is 0 Å². The first-order valence-corrected chi connectivity index (χ1v) is 12.8. The molecule has 0 bridgehead atoms. The Morgan fingerprint density at radius 1 is 0.800 bits per heavy atom. The molecule has 15 heteroatoms. The van der Waals surface area contributed by atoms with E-state index in [9.17, 15) is 29.8 Å². The van der Waals surface area contributed by atoms with Crippen molar-refractivity contribution in [2.75, 3.05) is 22.1 Å². The fourth-order valence-corrected chi connectivity index (χ4v) is 5.65. The predicted molar refractivity (Wildman–Crippen MR) is 136 cm³/mol. The van der Waals surface area contributed by atoms with Crippen LogP contribution < -0.4 is 10.6 Å². The first kappa shape index (κ1) is 24.4. The van der Waals surface area contributed by atoms with Crippen LogP contribution in [0.5, 0.6) is 0 Å². The van der Waals surface area contributed by atoms with Crippen LogP contribution in [0, 0.1) is 20.2 Å². The first-order valence-electron chi connectivity index (χ1n) is 10.1. The van der Waals surface area contributed by atoms with Crippen molar-refractivity contribution in [3.05, 3.63) is 56.6 Å². The second kappa shape index (κ2) is 10.7. The maximum Gasteiger partial charge on any atom is 0.270 e. The lowest BCUT2D eigenvalue weighted by Gasteiger charge is -2.03. The summed E-state index contributed by atoms with van der Waals surface area (Å²) in [4.78, 5) is 53.6. The number of thioether (sulfide) groups is 1. The van der Waals surface area contributed by atoms with E-state index in [0.29, 0.717) is 42.2 Å². The smallest absolute Gasteiger partial charge is 0.270 e. The maximum absolute atomic E-state index is 12.2. The Kier molecular flexibility index (Phi) is 7.48. The standard InChI is InChI=1S/C20H16N6O6S3/c27-17(23-19-21-13-3-1-11(25(29)30)9-15(13)34-19)5-7-33-8-6-18(28)24-20-22-14-4-2-12(26(31)32)10-16(14)35-20/h1-4,9-10H,5-8H2,(H,21,23,27)(H,22,24,28). The van der Waals surface area contributed by atoms with E-state index in [1.54, 1.807) is 12.1 Å². The molecule has 0 aliphatic rings. The van der Waals surface area contributed by atoms with Gasteiger partial charge in [0, 0.05) is 48.6 Å². The minimum absolute atomic E-state index is 0.0356. The summed E-state index contributed by atoms with van der Waals surface area (Å²) in [6.45, 7) is 0. The number of nitro groups is 2. The van der Waals surface area contributed by atoms with Crippen LogP contribution in [-0.4, -0.2) is 43.1 Å². The third-order valence-corrected chi connectivity index (χ3v) is 7.46. The lowest BCUT2D eigenvalue weighted by atomic mass is 10.3. The van der Waals surface area contributed by atoms with Crippen molar-refractivity contribution in [1.82, 2.24) is 9.97 Å². The summed E-state index contributed by atoms with van der Waals surface area (Å²) in [6.07, 6.45) is 0.442. The molecule has 0 fully saturated rings. The fourth-order valence-electron chi connectivity index (χ4n) is 2.96. The van der Waals surface area contributed by atoms with Crippen molar-refractivity contribution in [1.29, 1.82) is 0 Å². The second-order valence-electron chi connectivity index (χ2n) is 7.07. The number of aromatic nitrogens is 2. The van der Waals surface area contributed by atoms with E-state index < -0.39 is 9.85 Å². The van der Waals surface area contributed by atoms with Gasteiger partial charge in [-0.05, 0) is 12.1 Å². The Morgan fingerprint density at radius 3 is 1.63 bits per heavy atom. The molecule has 180 valence electrons. The highest BCUT2D eigenvalue weighted by Crippen LogP contribution is 2.30. The highest BCUT2D eigenvalue weighted by atomic mass is 32.2. The molecule has 0 saturated heterocycles. The minimum atomic E-state index is -0.484. The number of rotatable bonds is 10. The number of nitrogens with one attached hydrogen (secondary N) is 2. The second-order valence-corrected chi connectivity index (χ2v) is 10.4. The number of carbonyl (C=O) groups is 2. The van der Waals surface area contributed by atoms with Gasteiger partial charge in [-0.1, -0.05) is 22.7 Å². The summed E-state index contributed by atoms with van der Waals surface area (Å²) >= 11 is 3.77. The number of fused-ring (bicyclic) bond motifs is 2. The summed E-state index contributed by atoms with van der Waals surface area (Å²) in [5.74, 6) is 0.527. The quantitative estimate of drug-likeness (QED) is 0.165. The summed E-state index contributed by atoms with van der Waals surface area (Å²) in [5, 5.41) is 27.9. The van der Waals surface area contributed by atoms with Crippen molar-refractivity contribution >= 4 is 88.3 Å². The number of non-ortho nitro benzene ring substituents is 2. The number of thiazole rings is 2. The van der Waals surface area contributed by atoms with E-state index >= 15 is 0 Å². The maximum atomic E-state index is 12.2. The SMILES string of the molecule is O=C(CCSCCC(=O)Nc1nc2ccc([N+](=O)[O-])cc2s1)Nc1nc2ccc([N+](=O)[O-])cc2s1. The Bertz CT molecular complexity index is 1340. The van der Waals surface area contributed by atoms with Gasteiger partial charge in [-0.25, -0.2) is 9.97 Å². The number of nitro benzene ring substituents is 2. The Morgan fingerprint density at radius 2 is 1.23 bits per heavy atom. The third kappa shape index (κ3) is 6.26. The highest BCUT2D eigenvalue weighted by molar-refractivity contribution is 7.99. The highest BCUT2D eigenvalue weighted by Gasteiger charge is 2.14. The van der Waals surface area contributed by atoms with E-state index in [2.05, 4.69) is 20.6 Å². The van der Waals surface area contributed by atoms with Gasteiger partial charge in [0.1, 0.15) is 0 Å². The summed E-state index contributed by atoms with van der Waals surface area (Å²) in [7, 11) is 0. The average Bonchev–Trinajstić information content (AvgIpc) is 3.39. The van der Waals surface area contributed by atoms with Crippen LogP contribution in [0.4, 0.5) is 21.6 Å². The molecule has 12 nitrogen and oxygen atoms in total. The van der Waals surface area contributed by atoms with Gasteiger partial charge >= 0.3 is 0 Å². The Balaban J connectivity index is 1.18. The molecule has 2 amide bonds. The molecule has 0 aliphatic heterocycles. The van der Waals surface area contributed by atoms with Gasteiger partial charge in [0.25, 0.3) is 11.4 Å². The van der Waals surface area contributed by atoms with Gasteiger partial charge in [-0.3, -0.25) is 29.8 Å². The normalized spacial score (nSPS) is 11.0. The van der Waals surface area contributed by atoms with Crippen LogP contribution in [0.3, 0.4) is 0 Å². The molecule has 2 N–H and O–H groups in total. The average molecular weight is 533 g/mol. The molecular weight excluding hydrogens is 516 g/mol. The number of anilines is 2. The van der Waals surface area contributed by atoms with Gasteiger partial charge in [-0.15, -0.1) is 0 Å². The van der Waals surface area contributed by atoms with Crippen LogP contribution in [0.2, 0.25) is 0 Å². The molecule has 0 saturated carbocycles. The number of carbonyl (C=O) groups excluding carboxylic acids is 2. The van der Waals surface area contributed by atoms with Crippen molar-refractivity contribution in [2.45, 2.75) is 12.8 Å². The number of hydrogen-bond donors (Lipinski definition) is 2. The molecule has 4 rings (SSSR count). The van der Waals surface area contributed by atoms with Crippen LogP contribution in [0.15, 0.2) is 36.4 Å². The van der Waals surface area contributed by atoms with Crippen molar-refractivity contribution in [3.63, 3.8) is 0 Å².